The molecule has 2 atom stereocenters. The number of carboxylic acid groups (broad SMARTS) is 1. The molecular formula is C17H31BrO4. The molecule has 1 N–H and O–H groups in total. The van der Waals surface area contributed by atoms with E-state index < -0.39 is 16.3 Å². The average molecular weight is 379 g/mol. The van der Waals surface area contributed by atoms with Crippen molar-refractivity contribution < 1.29 is 19.4 Å². The first kappa shape index (κ1) is 21.4. The summed E-state index contributed by atoms with van der Waals surface area (Å²) in [6.07, 6.45) is 6.34. The zero-order valence-electron chi connectivity index (χ0n) is 14.4. The van der Waals surface area contributed by atoms with Crippen LogP contribution < -0.4 is 0 Å². The zero-order chi connectivity index (χ0) is 17.2. The maximum absolute atomic E-state index is 12.3. The smallest absolute Gasteiger partial charge is 0.334 e. The first-order valence-corrected chi connectivity index (χ1v) is 9.20. The minimum Gasteiger partial charge on any atom is -0.480 e. The quantitative estimate of drug-likeness (QED) is 0.226. The lowest BCUT2D eigenvalue weighted by Gasteiger charge is -2.24. The molecule has 0 radical (unpaired) electrons. The van der Waals surface area contributed by atoms with E-state index in [-0.39, 0.29) is 12.5 Å². The van der Waals surface area contributed by atoms with Crippen LogP contribution >= 0.6 is 15.9 Å². The number of rotatable bonds is 12. The predicted molar refractivity (Wildman–Crippen MR) is 92.3 cm³/mol. The van der Waals surface area contributed by atoms with Gasteiger partial charge in [0, 0.05) is 0 Å². The van der Waals surface area contributed by atoms with Crippen LogP contribution in [0.15, 0.2) is 0 Å². The third-order valence-electron chi connectivity index (χ3n) is 3.82. The van der Waals surface area contributed by atoms with E-state index in [1.54, 1.807) is 0 Å². The fourth-order valence-electron chi connectivity index (χ4n) is 2.23. The number of carbonyl (C=O) groups excluding carboxylic acids is 1. The molecule has 0 saturated heterocycles. The minimum atomic E-state index is -1.60. The van der Waals surface area contributed by atoms with E-state index in [1.165, 1.54) is 6.42 Å². The Balaban J connectivity index is 4.50. The van der Waals surface area contributed by atoms with Crippen LogP contribution in [0.25, 0.3) is 0 Å². The average Bonchev–Trinajstić information content (AvgIpc) is 2.46. The van der Waals surface area contributed by atoms with Crippen LogP contribution in [0.3, 0.4) is 0 Å². The monoisotopic (exact) mass is 378 g/mol. The normalized spacial score (nSPS) is 15.4. The van der Waals surface area contributed by atoms with Gasteiger partial charge in [-0.15, -0.1) is 0 Å². The van der Waals surface area contributed by atoms with E-state index >= 15 is 0 Å². The molecule has 0 spiro atoms. The van der Waals surface area contributed by atoms with E-state index in [4.69, 9.17) is 4.74 Å². The van der Waals surface area contributed by atoms with Crippen molar-refractivity contribution in [2.45, 2.75) is 89.5 Å². The van der Waals surface area contributed by atoms with Crippen LogP contribution in [0.5, 0.6) is 0 Å². The van der Waals surface area contributed by atoms with Crippen LogP contribution in [-0.2, 0) is 14.3 Å². The lowest BCUT2D eigenvalue weighted by molar-refractivity contribution is -0.160. The van der Waals surface area contributed by atoms with Crippen LogP contribution in [0, 0.1) is 5.92 Å². The molecule has 0 fully saturated rings. The number of hydrogen-bond acceptors (Lipinski definition) is 3. The lowest BCUT2D eigenvalue weighted by Crippen LogP contribution is -2.43. The van der Waals surface area contributed by atoms with Crippen molar-refractivity contribution in [1.82, 2.24) is 0 Å². The fraction of sp³-hybridized carbons (Fsp3) is 0.882. The van der Waals surface area contributed by atoms with Gasteiger partial charge in [0.25, 0.3) is 0 Å². The summed E-state index contributed by atoms with van der Waals surface area (Å²) in [6, 6.07) is 0. The molecule has 5 heteroatoms. The summed E-state index contributed by atoms with van der Waals surface area (Å²) < 4.78 is 3.86. The summed E-state index contributed by atoms with van der Waals surface area (Å²) in [5, 5.41) is 9.34. The predicted octanol–water partition coefficient (Wildman–Crippen LogP) is 4.93. The van der Waals surface area contributed by atoms with Gasteiger partial charge in [-0.25, -0.2) is 4.79 Å². The first-order valence-electron chi connectivity index (χ1n) is 8.41. The van der Waals surface area contributed by atoms with Gasteiger partial charge in [-0.2, -0.15) is 0 Å². The highest BCUT2D eigenvalue weighted by molar-refractivity contribution is 9.10. The highest BCUT2D eigenvalue weighted by Gasteiger charge is 2.45. The molecule has 0 amide bonds. The van der Waals surface area contributed by atoms with Crippen LogP contribution in [0.1, 0.15) is 79.1 Å². The first-order chi connectivity index (χ1) is 10.3. The standard InChI is InChI=1S/C17H31BrO4/c1-5-7-12-17(18,15(19)20)16(21)22-14(6-2)11-9-8-10-13(3)4/h13-14H,5-12H2,1-4H3,(H,19,20). The largest absolute Gasteiger partial charge is 0.480 e. The molecule has 0 bridgehead atoms. The molecule has 130 valence electrons. The summed E-state index contributed by atoms with van der Waals surface area (Å²) in [4.78, 5) is 23.7. The van der Waals surface area contributed by atoms with Gasteiger partial charge in [-0.3, -0.25) is 4.79 Å². The number of carboxylic acids is 1. The van der Waals surface area contributed by atoms with Gasteiger partial charge >= 0.3 is 11.9 Å². The Hall–Kier alpha value is -0.580. The van der Waals surface area contributed by atoms with Gasteiger partial charge in [0.2, 0.25) is 4.32 Å². The number of hydrogen-bond donors (Lipinski definition) is 1. The molecule has 0 aromatic carbocycles. The second-order valence-corrected chi connectivity index (χ2v) is 7.68. The fourth-order valence-corrected chi connectivity index (χ4v) is 2.61. The number of alkyl halides is 1. The molecule has 2 unspecified atom stereocenters. The van der Waals surface area contributed by atoms with Gasteiger partial charge in [0.05, 0.1) is 0 Å². The Labute approximate surface area is 143 Å². The van der Waals surface area contributed by atoms with Crippen molar-refractivity contribution in [3.63, 3.8) is 0 Å². The molecule has 0 aliphatic carbocycles. The molecule has 4 nitrogen and oxygen atoms in total. The van der Waals surface area contributed by atoms with Crippen LogP contribution in [0.4, 0.5) is 0 Å². The third-order valence-corrected chi connectivity index (χ3v) is 4.88. The van der Waals surface area contributed by atoms with Crippen molar-refractivity contribution in [2.24, 2.45) is 5.92 Å². The maximum Gasteiger partial charge on any atom is 0.334 e. The number of halogens is 1. The molecule has 0 aliphatic rings. The van der Waals surface area contributed by atoms with Gasteiger partial charge in [-0.1, -0.05) is 69.3 Å². The second kappa shape index (κ2) is 11.0. The van der Waals surface area contributed by atoms with Crippen molar-refractivity contribution >= 4 is 27.9 Å². The molecule has 0 saturated carbocycles. The SMILES string of the molecule is CCCCC(Br)(C(=O)O)C(=O)OC(CC)CCCCC(C)C. The highest BCUT2D eigenvalue weighted by Crippen LogP contribution is 2.29. The highest BCUT2D eigenvalue weighted by atomic mass is 79.9. The molecule has 0 aliphatic heterocycles. The summed E-state index contributed by atoms with van der Waals surface area (Å²) in [7, 11) is 0. The van der Waals surface area contributed by atoms with Crippen LogP contribution in [-0.4, -0.2) is 27.5 Å². The summed E-state index contributed by atoms with van der Waals surface area (Å²) in [5.41, 5.74) is 0. The Kier molecular flexibility index (Phi) is 10.7. The molecule has 0 aromatic rings. The molecule has 0 aromatic heterocycles. The van der Waals surface area contributed by atoms with Gasteiger partial charge in [0.1, 0.15) is 6.10 Å². The number of esters is 1. The number of aliphatic carboxylic acids is 1. The third kappa shape index (κ3) is 7.61. The molecule has 0 rings (SSSR count). The molecule has 22 heavy (non-hydrogen) atoms. The number of carbonyl (C=O) groups is 2. The Morgan fingerprint density at radius 1 is 1.14 bits per heavy atom. The molecule has 0 heterocycles. The summed E-state index contributed by atoms with van der Waals surface area (Å²) >= 11 is 3.10. The van der Waals surface area contributed by atoms with Gasteiger partial charge < -0.3 is 9.84 Å². The zero-order valence-corrected chi connectivity index (χ0v) is 15.9. The molecular weight excluding hydrogens is 348 g/mol. The maximum atomic E-state index is 12.3. The van der Waals surface area contributed by atoms with Gasteiger partial charge in [0.15, 0.2) is 0 Å². The minimum absolute atomic E-state index is 0.197. The number of ether oxygens (including phenoxy) is 1. The van der Waals surface area contributed by atoms with Gasteiger partial charge in [-0.05, 0) is 31.6 Å². The van der Waals surface area contributed by atoms with Crippen molar-refractivity contribution in [3.8, 4) is 0 Å². The van der Waals surface area contributed by atoms with E-state index in [0.29, 0.717) is 18.8 Å². The summed E-state index contributed by atoms with van der Waals surface area (Å²) in [5.74, 6) is -1.15. The van der Waals surface area contributed by atoms with Crippen molar-refractivity contribution in [1.29, 1.82) is 0 Å². The summed E-state index contributed by atoms with van der Waals surface area (Å²) in [6.45, 7) is 8.31. The van der Waals surface area contributed by atoms with Crippen molar-refractivity contribution in [2.75, 3.05) is 0 Å². The Morgan fingerprint density at radius 2 is 1.73 bits per heavy atom. The number of unbranched alkanes of at least 4 members (excludes halogenated alkanes) is 2. The van der Waals surface area contributed by atoms with Crippen molar-refractivity contribution in [3.05, 3.63) is 0 Å². The van der Waals surface area contributed by atoms with E-state index in [9.17, 15) is 14.7 Å². The van der Waals surface area contributed by atoms with E-state index in [0.717, 1.165) is 25.7 Å². The Morgan fingerprint density at radius 3 is 2.18 bits per heavy atom. The Bertz CT molecular complexity index is 344. The van der Waals surface area contributed by atoms with E-state index in [2.05, 4.69) is 29.8 Å². The topological polar surface area (TPSA) is 63.6 Å². The second-order valence-electron chi connectivity index (χ2n) is 6.32. The van der Waals surface area contributed by atoms with E-state index in [1.807, 2.05) is 13.8 Å². The van der Waals surface area contributed by atoms with Crippen LogP contribution in [0.2, 0.25) is 0 Å². The lowest BCUT2D eigenvalue weighted by atomic mass is 10.0.